The minimum Gasteiger partial charge on any atom is -0.367 e. The fraction of sp³-hybridized carbons (Fsp3) is 0.483. The Morgan fingerprint density at radius 1 is 0.769 bits per heavy atom. The van der Waals surface area contributed by atoms with Gasteiger partial charge in [-0.25, -0.2) is 0 Å². The molecule has 7 nitrogen and oxygen atoms in total. The lowest BCUT2D eigenvalue weighted by Gasteiger charge is -2.38. The number of carbonyl (C=O) groups excluding carboxylic acids is 3. The van der Waals surface area contributed by atoms with E-state index in [1.807, 2.05) is 4.90 Å². The van der Waals surface area contributed by atoms with Crippen LogP contribution < -0.4 is 10.2 Å². The average molecular weight is 543 g/mol. The smallest absolute Gasteiger partial charge is 0.367 e. The van der Waals surface area contributed by atoms with Gasteiger partial charge in [0.2, 0.25) is 5.91 Å². The molecule has 2 aromatic rings. The number of likely N-dealkylation sites (tertiary alicyclic amines) is 1. The summed E-state index contributed by atoms with van der Waals surface area (Å²) in [6, 6.07) is 9.17. The zero-order valence-corrected chi connectivity index (χ0v) is 21.8. The van der Waals surface area contributed by atoms with E-state index in [0.717, 1.165) is 68.5 Å². The highest BCUT2D eigenvalue weighted by Crippen LogP contribution is 2.31. The standard InChI is InChI=1S/C29H33F3N4O3/c30-29(31,32)22-9-7-20(8-10-22)26(37)33-23-11-12-25(24(19-23)28(39)35-13-3-4-14-35)34-15-17-36(18-16-34)27(38)21-5-1-2-6-21/h7-12,19,21H,1-6,13-18H2,(H,33,37). The SMILES string of the molecule is O=C(Nc1ccc(N2CCN(C(=O)C3CCCC3)CC2)c(C(=O)N2CCCC2)c1)c1ccc(C(F)(F)F)cc1. The predicted molar refractivity (Wildman–Crippen MR) is 142 cm³/mol. The molecule has 3 aliphatic rings. The number of nitrogens with zero attached hydrogens (tertiary/aromatic N) is 3. The maximum atomic E-state index is 13.5. The predicted octanol–water partition coefficient (Wildman–Crippen LogP) is 5.03. The topological polar surface area (TPSA) is 73.0 Å². The molecule has 0 radical (unpaired) electrons. The van der Waals surface area contributed by atoms with Gasteiger partial charge in [-0.3, -0.25) is 14.4 Å². The zero-order valence-electron chi connectivity index (χ0n) is 21.8. The van der Waals surface area contributed by atoms with Gasteiger partial charge in [-0.1, -0.05) is 12.8 Å². The van der Waals surface area contributed by atoms with Gasteiger partial charge < -0.3 is 20.0 Å². The number of alkyl halides is 3. The molecule has 2 saturated heterocycles. The first-order chi connectivity index (χ1) is 18.7. The number of hydrogen-bond donors (Lipinski definition) is 1. The number of benzene rings is 2. The fourth-order valence-electron chi connectivity index (χ4n) is 5.76. The van der Waals surface area contributed by atoms with Crippen LogP contribution in [0, 0.1) is 5.92 Å². The molecule has 1 aliphatic carbocycles. The van der Waals surface area contributed by atoms with Gasteiger partial charge in [-0.2, -0.15) is 13.2 Å². The first-order valence-corrected chi connectivity index (χ1v) is 13.7. The number of carbonyl (C=O) groups is 3. The lowest BCUT2D eigenvalue weighted by atomic mass is 10.1. The Balaban J connectivity index is 1.32. The minimum atomic E-state index is -4.48. The fourth-order valence-corrected chi connectivity index (χ4v) is 5.76. The number of halogens is 3. The lowest BCUT2D eigenvalue weighted by molar-refractivity contribution is -0.137. The summed E-state index contributed by atoms with van der Waals surface area (Å²) in [5, 5.41) is 2.72. The molecule has 1 N–H and O–H groups in total. The molecule has 3 fully saturated rings. The van der Waals surface area contributed by atoms with Gasteiger partial charge in [0, 0.05) is 62.1 Å². The molecule has 10 heteroatoms. The molecule has 0 bridgehead atoms. The molecule has 2 aromatic carbocycles. The van der Waals surface area contributed by atoms with Crippen LogP contribution >= 0.6 is 0 Å². The normalized spacial score (nSPS) is 18.5. The number of piperazine rings is 1. The highest BCUT2D eigenvalue weighted by atomic mass is 19.4. The first-order valence-electron chi connectivity index (χ1n) is 13.7. The zero-order chi connectivity index (χ0) is 27.6. The Bertz CT molecular complexity index is 1210. The summed E-state index contributed by atoms with van der Waals surface area (Å²) in [5.41, 5.74) is 0.876. The van der Waals surface area contributed by atoms with Crippen molar-refractivity contribution in [3.63, 3.8) is 0 Å². The van der Waals surface area contributed by atoms with Gasteiger partial charge in [0.25, 0.3) is 11.8 Å². The molecule has 39 heavy (non-hydrogen) atoms. The van der Waals surface area contributed by atoms with Gasteiger partial charge in [-0.15, -0.1) is 0 Å². The Hall–Kier alpha value is -3.56. The molecule has 3 amide bonds. The molecule has 0 atom stereocenters. The van der Waals surface area contributed by atoms with Crippen LogP contribution in [0.15, 0.2) is 42.5 Å². The lowest BCUT2D eigenvalue weighted by Crippen LogP contribution is -2.50. The number of amides is 3. The molecular formula is C29H33F3N4O3. The van der Waals surface area contributed by atoms with Crippen molar-refractivity contribution < 1.29 is 27.6 Å². The van der Waals surface area contributed by atoms with Crippen molar-refractivity contribution in [2.45, 2.75) is 44.7 Å². The second kappa shape index (κ2) is 11.3. The van der Waals surface area contributed by atoms with Gasteiger partial charge in [0.15, 0.2) is 0 Å². The second-order valence-corrected chi connectivity index (χ2v) is 10.6. The highest BCUT2D eigenvalue weighted by Gasteiger charge is 2.32. The van der Waals surface area contributed by atoms with Gasteiger partial charge >= 0.3 is 6.18 Å². The third-order valence-electron chi connectivity index (χ3n) is 7.99. The van der Waals surface area contributed by atoms with Crippen molar-refractivity contribution in [2.75, 3.05) is 49.5 Å². The average Bonchev–Trinajstić information content (AvgIpc) is 3.67. The number of hydrogen-bond acceptors (Lipinski definition) is 4. The quantitative estimate of drug-likeness (QED) is 0.575. The summed E-state index contributed by atoms with van der Waals surface area (Å²) < 4.78 is 38.6. The minimum absolute atomic E-state index is 0.0857. The monoisotopic (exact) mass is 542 g/mol. The van der Waals surface area contributed by atoms with Crippen LogP contribution in [0.4, 0.5) is 24.5 Å². The molecule has 5 rings (SSSR count). The molecule has 2 heterocycles. The van der Waals surface area contributed by atoms with E-state index >= 15 is 0 Å². The highest BCUT2D eigenvalue weighted by molar-refractivity contribution is 6.06. The number of anilines is 2. The third kappa shape index (κ3) is 6.04. The van der Waals surface area contributed by atoms with Gasteiger partial charge in [-0.05, 0) is 68.1 Å². The molecule has 0 spiro atoms. The van der Waals surface area contributed by atoms with Crippen LogP contribution in [0.1, 0.15) is 64.8 Å². The summed E-state index contributed by atoms with van der Waals surface area (Å²) in [6.07, 6.45) is 1.55. The van der Waals surface area contributed by atoms with Crippen LogP contribution in [0.5, 0.6) is 0 Å². The van der Waals surface area contributed by atoms with Gasteiger partial charge in [0.05, 0.1) is 11.1 Å². The van der Waals surface area contributed by atoms with E-state index in [1.54, 1.807) is 23.1 Å². The van der Waals surface area contributed by atoms with Crippen molar-refractivity contribution in [1.29, 1.82) is 0 Å². The van der Waals surface area contributed by atoms with E-state index in [9.17, 15) is 27.6 Å². The first kappa shape index (κ1) is 27.0. The van der Waals surface area contributed by atoms with E-state index in [-0.39, 0.29) is 23.3 Å². The summed E-state index contributed by atoms with van der Waals surface area (Å²) in [6.45, 7) is 3.75. The Kier molecular flexibility index (Phi) is 7.81. The largest absolute Gasteiger partial charge is 0.416 e. The van der Waals surface area contributed by atoms with Crippen LogP contribution in [0.2, 0.25) is 0 Å². The Morgan fingerprint density at radius 3 is 2.03 bits per heavy atom. The van der Waals surface area contributed by atoms with E-state index in [0.29, 0.717) is 50.5 Å². The van der Waals surface area contributed by atoms with Gasteiger partial charge in [0.1, 0.15) is 0 Å². The third-order valence-corrected chi connectivity index (χ3v) is 7.99. The van der Waals surface area contributed by atoms with Crippen LogP contribution in [0.25, 0.3) is 0 Å². The van der Waals surface area contributed by atoms with Crippen molar-refractivity contribution in [3.8, 4) is 0 Å². The van der Waals surface area contributed by atoms with Crippen molar-refractivity contribution in [2.24, 2.45) is 5.92 Å². The summed E-state index contributed by atoms with van der Waals surface area (Å²) in [5.74, 6) is -0.300. The van der Waals surface area contributed by atoms with Crippen molar-refractivity contribution >= 4 is 29.1 Å². The van der Waals surface area contributed by atoms with Crippen LogP contribution in [-0.4, -0.2) is 66.8 Å². The molecular weight excluding hydrogens is 509 g/mol. The van der Waals surface area contributed by atoms with E-state index in [1.165, 1.54) is 0 Å². The van der Waals surface area contributed by atoms with Crippen LogP contribution in [-0.2, 0) is 11.0 Å². The molecule has 208 valence electrons. The maximum absolute atomic E-state index is 13.5. The molecule has 0 unspecified atom stereocenters. The summed E-state index contributed by atoms with van der Waals surface area (Å²) in [7, 11) is 0. The summed E-state index contributed by atoms with van der Waals surface area (Å²) in [4.78, 5) is 45.0. The molecule has 1 saturated carbocycles. The van der Waals surface area contributed by atoms with E-state index in [2.05, 4.69) is 10.2 Å². The van der Waals surface area contributed by atoms with E-state index in [4.69, 9.17) is 0 Å². The van der Waals surface area contributed by atoms with Crippen molar-refractivity contribution in [1.82, 2.24) is 9.80 Å². The van der Waals surface area contributed by atoms with Crippen LogP contribution in [0.3, 0.4) is 0 Å². The summed E-state index contributed by atoms with van der Waals surface area (Å²) >= 11 is 0. The number of rotatable bonds is 5. The Morgan fingerprint density at radius 2 is 1.41 bits per heavy atom. The second-order valence-electron chi connectivity index (χ2n) is 10.6. The molecule has 0 aromatic heterocycles. The van der Waals surface area contributed by atoms with E-state index < -0.39 is 17.6 Å². The number of nitrogens with one attached hydrogen (secondary N) is 1. The molecule has 2 aliphatic heterocycles. The van der Waals surface area contributed by atoms with Crippen molar-refractivity contribution in [3.05, 3.63) is 59.2 Å². The Labute approximate surface area is 225 Å². The maximum Gasteiger partial charge on any atom is 0.416 e.